The second-order valence-electron chi connectivity index (χ2n) is 7.49. The number of nitrogens with zero attached hydrogens (tertiary/aromatic N) is 3. The molecule has 4 N–H and O–H groups in total. The quantitative estimate of drug-likeness (QED) is 0.429. The van der Waals surface area contributed by atoms with E-state index in [1.807, 2.05) is 11.9 Å². The summed E-state index contributed by atoms with van der Waals surface area (Å²) in [6, 6.07) is 8.01. The van der Waals surface area contributed by atoms with E-state index in [1.54, 1.807) is 6.07 Å². The number of benzene rings is 2. The third-order valence-corrected chi connectivity index (χ3v) is 7.02. The average Bonchev–Trinajstić information content (AvgIpc) is 3.26. The predicted octanol–water partition coefficient (Wildman–Crippen LogP) is 3.91. The van der Waals surface area contributed by atoms with Gasteiger partial charge in [0.15, 0.2) is 10.7 Å². The molecule has 12 heteroatoms. The fraction of sp³-hybridized carbons (Fsp3) is 0.238. The van der Waals surface area contributed by atoms with Crippen LogP contribution in [0.5, 0.6) is 0 Å². The van der Waals surface area contributed by atoms with Gasteiger partial charge in [0.2, 0.25) is 0 Å². The van der Waals surface area contributed by atoms with Crippen LogP contribution in [-0.2, 0) is 10.0 Å². The predicted molar refractivity (Wildman–Crippen MR) is 125 cm³/mol. The maximum absolute atomic E-state index is 14.9. The highest BCUT2D eigenvalue weighted by atomic mass is 35.5. The molecule has 3 aromatic rings. The minimum Gasteiger partial charge on any atom is -0.368 e. The van der Waals surface area contributed by atoms with Crippen molar-refractivity contribution in [2.24, 2.45) is 0 Å². The summed E-state index contributed by atoms with van der Waals surface area (Å²) in [7, 11) is -2.16. The summed E-state index contributed by atoms with van der Waals surface area (Å²) in [6.45, 7) is 1.42. The topological polar surface area (TPSA) is 104 Å². The molecule has 0 amide bonds. The van der Waals surface area contributed by atoms with Gasteiger partial charge in [-0.1, -0.05) is 11.6 Å². The molecular formula is C21H22ClF2N6O2S+. The lowest BCUT2D eigenvalue weighted by Gasteiger charge is -2.23. The standard InChI is InChI=1S/C21H21ClF2N6O2S/c1-25-14-5-7-30(11-14)19-8-13(23)2-3-17(19)28-18-10-16(24)20(9-15(18)22)33(31,32)29-21-4-6-26-12-27-21/h2-4,6,8-10,12,14,25,28H,5,7,11H2,1H3,(H,26,27,29,31,32)/p+1. The number of nitrogens with one attached hydrogen (secondary N) is 3. The molecule has 174 valence electrons. The molecule has 0 spiro atoms. The minimum absolute atomic E-state index is 0.0162. The molecule has 0 saturated carbocycles. The molecule has 0 bridgehead atoms. The van der Waals surface area contributed by atoms with Crippen LogP contribution in [0.3, 0.4) is 0 Å². The largest absolute Gasteiger partial charge is 0.400 e. The summed E-state index contributed by atoms with van der Waals surface area (Å²) in [5.41, 5.74) is 1.32. The molecule has 2 unspecified atom stereocenters. The lowest BCUT2D eigenvalue weighted by atomic mass is 10.2. The number of anilines is 4. The Labute approximate surface area is 195 Å². The Hall–Kier alpha value is -3.02. The van der Waals surface area contributed by atoms with Crippen LogP contribution in [0, 0.1) is 11.6 Å². The highest BCUT2D eigenvalue weighted by molar-refractivity contribution is 7.92. The zero-order valence-electron chi connectivity index (χ0n) is 17.6. The lowest BCUT2D eigenvalue weighted by molar-refractivity contribution is 0.579. The van der Waals surface area contributed by atoms with E-state index >= 15 is 0 Å². The zero-order valence-corrected chi connectivity index (χ0v) is 19.1. The Balaban J connectivity index is 1.62. The van der Waals surface area contributed by atoms with Gasteiger partial charge in [0.25, 0.3) is 0 Å². The van der Waals surface area contributed by atoms with Gasteiger partial charge in [-0.2, -0.15) is 4.21 Å². The number of aromatic nitrogens is 2. The van der Waals surface area contributed by atoms with Gasteiger partial charge in [0, 0.05) is 31.4 Å². The first-order valence-corrected chi connectivity index (χ1v) is 11.9. The molecule has 1 aromatic heterocycles. The van der Waals surface area contributed by atoms with Crippen molar-refractivity contribution in [2.75, 3.05) is 35.1 Å². The summed E-state index contributed by atoms with van der Waals surface area (Å²) >= 11 is 6.33. The Morgan fingerprint density at radius 2 is 2.03 bits per heavy atom. The molecule has 8 nitrogen and oxygen atoms in total. The van der Waals surface area contributed by atoms with Crippen molar-refractivity contribution in [3.8, 4) is 0 Å². The van der Waals surface area contributed by atoms with Gasteiger partial charge in [-0.05, 0) is 43.8 Å². The maximum Gasteiger partial charge on any atom is 0.400 e. The Morgan fingerprint density at radius 3 is 2.73 bits per heavy atom. The van der Waals surface area contributed by atoms with Gasteiger partial charge in [-0.25, -0.2) is 27.7 Å². The normalized spacial score (nSPS) is 17.6. The molecule has 1 saturated heterocycles. The van der Waals surface area contributed by atoms with E-state index in [1.165, 1.54) is 30.7 Å². The maximum atomic E-state index is 14.9. The van der Waals surface area contributed by atoms with E-state index < -0.39 is 26.6 Å². The summed E-state index contributed by atoms with van der Waals surface area (Å²) in [4.78, 5) is 9.04. The van der Waals surface area contributed by atoms with Crippen LogP contribution < -0.4 is 20.3 Å². The fourth-order valence-electron chi connectivity index (χ4n) is 3.62. The van der Waals surface area contributed by atoms with E-state index in [9.17, 15) is 17.2 Å². The van der Waals surface area contributed by atoms with Crippen LogP contribution in [-0.4, -0.2) is 44.6 Å². The summed E-state index contributed by atoms with van der Waals surface area (Å²) in [6.07, 6.45) is 3.47. The summed E-state index contributed by atoms with van der Waals surface area (Å²) in [5.74, 6) is -1.29. The van der Waals surface area contributed by atoms with Crippen molar-refractivity contribution in [1.82, 2.24) is 15.3 Å². The van der Waals surface area contributed by atoms with Crippen LogP contribution in [0.15, 0.2) is 53.8 Å². The summed E-state index contributed by atoms with van der Waals surface area (Å²) < 4.78 is 54.3. The Bertz CT molecular complexity index is 1260. The van der Waals surface area contributed by atoms with Gasteiger partial charge < -0.3 is 15.5 Å². The first kappa shape index (κ1) is 23.1. The first-order valence-electron chi connectivity index (χ1n) is 10.0. The van der Waals surface area contributed by atoms with Crippen molar-refractivity contribution in [3.05, 3.63) is 65.6 Å². The molecule has 33 heavy (non-hydrogen) atoms. The van der Waals surface area contributed by atoms with Crippen molar-refractivity contribution >= 4 is 44.5 Å². The van der Waals surface area contributed by atoms with E-state index in [0.29, 0.717) is 17.9 Å². The van der Waals surface area contributed by atoms with E-state index in [4.69, 9.17) is 11.6 Å². The molecule has 1 aliphatic rings. The van der Waals surface area contributed by atoms with E-state index in [-0.39, 0.29) is 22.6 Å². The summed E-state index contributed by atoms with van der Waals surface area (Å²) in [5, 5.41) is 6.26. The fourth-order valence-corrected chi connectivity index (χ4v) is 5.01. The molecule has 0 radical (unpaired) electrons. The van der Waals surface area contributed by atoms with Gasteiger partial charge in [0.05, 0.1) is 22.1 Å². The lowest BCUT2D eigenvalue weighted by Crippen LogP contribution is -2.29. The SMILES string of the molecule is CNC1CCN(c2cc(F)ccc2Nc2cc(F)c(S(=O)(=[OH+])Nc3ccncn3)cc2Cl)C1. The minimum atomic E-state index is -4.03. The molecule has 4 rings (SSSR count). The van der Waals surface area contributed by atoms with Crippen LogP contribution in [0.25, 0.3) is 0 Å². The van der Waals surface area contributed by atoms with Crippen LogP contribution >= 0.6 is 11.6 Å². The van der Waals surface area contributed by atoms with Crippen molar-refractivity contribution in [3.63, 3.8) is 0 Å². The first-order chi connectivity index (χ1) is 15.8. The zero-order chi connectivity index (χ0) is 23.6. The highest BCUT2D eigenvalue weighted by Crippen LogP contribution is 2.36. The third-order valence-electron chi connectivity index (χ3n) is 5.31. The van der Waals surface area contributed by atoms with Gasteiger partial charge in [-0.15, -0.1) is 0 Å². The van der Waals surface area contributed by atoms with Gasteiger partial charge in [0.1, 0.15) is 18.0 Å². The smallest absolute Gasteiger partial charge is 0.368 e. The monoisotopic (exact) mass is 495 g/mol. The molecular weight excluding hydrogens is 474 g/mol. The van der Waals surface area contributed by atoms with Crippen LogP contribution in [0.1, 0.15) is 6.42 Å². The van der Waals surface area contributed by atoms with Gasteiger partial charge >= 0.3 is 10.0 Å². The molecule has 1 aliphatic heterocycles. The molecule has 2 atom stereocenters. The molecule has 2 heterocycles. The average molecular weight is 496 g/mol. The number of rotatable bonds is 7. The molecule has 0 aliphatic carbocycles. The number of hydrogen-bond acceptors (Lipinski definition) is 6. The van der Waals surface area contributed by atoms with Crippen molar-refractivity contribution in [2.45, 2.75) is 17.4 Å². The Morgan fingerprint density at radius 1 is 1.21 bits per heavy atom. The van der Waals surface area contributed by atoms with E-state index in [0.717, 1.165) is 25.1 Å². The van der Waals surface area contributed by atoms with Crippen LogP contribution in [0.2, 0.25) is 5.02 Å². The van der Waals surface area contributed by atoms with Gasteiger partial charge in [-0.3, -0.25) is 0 Å². The Kier molecular flexibility index (Phi) is 6.63. The number of hydrogen-bond donors (Lipinski definition) is 3. The highest BCUT2D eigenvalue weighted by Gasteiger charge is 2.28. The van der Waals surface area contributed by atoms with Crippen molar-refractivity contribution in [1.29, 1.82) is 0 Å². The molecule has 1 fully saturated rings. The number of likely N-dealkylation sites (N-methyl/N-ethyl adjacent to an activating group) is 1. The second kappa shape index (κ2) is 9.46. The third kappa shape index (κ3) is 5.15. The second-order valence-corrected chi connectivity index (χ2v) is 9.59. The van der Waals surface area contributed by atoms with E-state index in [2.05, 4.69) is 25.3 Å². The van der Waals surface area contributed by atoms with Crippen LogP contribution in [0.4, 0.5) is 31.7 Å². The molecule has 2 aromatic carbocycles. The number of halogens is 3. The van der Waals surface area contributed by atoms with Crippen molar-refractivity contribution < 1.29 is 17.2 Å².